The fourth-order valence-corrected chi connectivity index (χ4v) is 7.25. The number of sulfonamides is 1. The number of rotatable bonds is 12. The van der Waals surface area contributed by atoms with Gasteiger partial charge in [-0.3, -0.25) is 13.9 Å². The Kier molecular flexibility index (Phi) is 11.3. The van der Waals surface area contributed by atoms with Gasteiger partial charge in [-0.15, -0.1) is 0 Å². The zero-order valence-corrected chi connectivity index (χ0v) is 27.5. The van der Waals surface area contributed by atoms with E-state index in [9.17, 15) is 18.0 Å². The highest BCUT2D eigenvalue weighted by atomic mass is 35.5. The van der Waals surface area contributed by atoms with Crippen molar-refractivity contribution in [1.29, 1.82) is 0 Å². The van der Waals surface area contributed by atoms with Crippen LogP contribution < -0.4 is 14.4 Å². The van der Waals surface area contributed by atoms with Crippen LogP contribution in [0.25, 0.3) is 0 Å². The highest BCUT2D eigenvalue weighted by Gasteiger charge is 2.35. The summed E-state index contributed by atoms with van der Waals surface area (Å²) in [5.74, 6) is -0.0600. The molecule has 44 heavy (non-hydrogen) atoms. The van der Waals surface area contributed by atoms with Gasteiger partial charge in [0.2, 0.25) is 11.8 Å². The summed E-state index contributed by atoms with van der Waals surface area (Å²) in [5, 5.41) is 3.55. The monoisotopic (exact) mass is 639 g/mol. The summed E-state index contributed by atoms with van der Waals surface area (Å²) >= 11 is 6.43. The predicted octanol–water partition coefficient (Wildman–Crippen LogP) is 6.42. The minimum Gasteiger partial charge on any atom is -0.497 e. The van der Waals surface area contributed by atoms with E-state index in [-0.39, 0.29) is 23.4 Å². The fraction of sp³-hybridized carbons (Fsp3) is 0.412. The van der Waals surface area contributed by atoms with E-state index in [1.54, 1.807) is 56.5 Å². The molecule has 4 rings (SSSR count). The zero-order chi connectivity index (χ0) is 31.9. The largest absolute Gasteiger partial charge is 0.497 e. The predicted molar refractivity (Wildman–Crippen MR) is 175 cm³/mol. The first-order valence-electron chi connectivity index (χ1n) is 15.1. The number of carbonyl (C=O) groups excluding carboxylic acids is 2. The van der Waals surface area contributed by atoms with Gasteiger partial charge in [-0.2, -0.15) is 0 Å². The van der Waals surface area contributed by atoms with Gasteiger partial charge < -0.3 is 15.0 Å². The zero-order valence-electron chi connectivity index (χ0n) is 25.9. The summed E-state index contributed by atoms with van der Waals surface area (Å²) in [4.78, 5) is 29.6. The Hall–Kier alpha value is -3.56. The highest BCUT2D eigenvalue weighted by molar-refractivity contribution is 7.92. The maximum atomic E-state index is 14.4. The van der Waals surface area contributed by atoms with E-state index in [2.05, 4.69) is 5.32 Å². The number of anilines is 1. The first-order valence-corrected chi connectivity index (χ1v) is 16.9. The number of amides is 2. The molecule has 3 aromatic carbocycles. The SMILES string of the molecule is CC[C@@H](C(=O)NC1CCCCC1)N(Cc1ccc(OC)cc1)C(=O)CN(c1cccc(Cl)c1C)S(=O)(=O)c1ccc(C)cc1. The standard InChI is InChI=1S/C34H42ClN3O5S/c1-5-31(34(40)36-27-10-7-6-8-11-27)37(22-26-16-18-28(43-4)19-17-26)33(39)23-38(32-13-9-12-30(35)25(32)3)44(41,42)29-20-14-24(2)15-21-29/h9,12-21,27,31H,5-8,10-11,22-23H2,1-4H3,(H,36,40)/t31-/m0/s1. The molecular formula is C34H42ClN3O5S. The lowest BCUT2D eigenvalue weighted by Gasteiger charge is -2.35. The van der Waals surface area contributed by atoms with Crippen molar-refractivity contribution in [2.45, 2.75) is 82.8 Å². The van der Waals surface area contributed by atoms with Crippen LogP contribution in [-0.2, 0) is 26.2 Å². The average molecular weight is 640 g/mol. The van der Waals surface area contributed by atoms with Crippen LogP contribution in [0.1, 0.15) is 62.1 Å². The number of aryl methyl sites for hydroxylation is 1. The summed E-state index contributed by atoms with van der Waals surface area (Å²) in [5.41, 5.74) is 2.53. The normalized spacial score (nSPS) is 14.5. The molecule has 1 N–H and O–H groups in total. The van der Waals surface area contributed by atoms with Crippen molar-refractivity contribution >= 4 is 39.1 Å². The third-order valence-corrected chi connectivity index (χ3v) is 10.4. The van der Waals surface area contributed by atoms with E-state index in [1.165, 1.54) is 17.0 Å². The van der Waals surface area contributed by atoms with E-state index in [0.29, 0.717) is 28.4 Å². The van der Waals surface area contributed by atoms with Gasteiger partial charge in [0.05, 0.1) is 17.7 Å². The van der Waals surface area contributed by atoms with Crippen molar-refractivity contribution in [1.82, 2.24) is 10.2 Å². The van der Waals surface area contributed by atoms with E-state index < -0.39 is 28.5 Å². The Morgan fingerprint density at radius 2 is 1.64 bits per heavy atom. The molecule has 0 bridgehead atoms. The third-order valence-electron chi connectivity index (χ3n) is 8.25. The topological polar surface area (TPSA) is 96.0 Å². The molecular weight excluding hydrogens is 598 g/mol. The van der Waals surface area contributed by atoms with Gasteiger partial charge in [0.1, 0.15) is 18.3 Å². The van der Waals surface area contributed by atoms with Crippen LogP contribution in [0.4, 0.5) is 5.69 Å². The van der Waals surface area contributed by atoms with Gasteiger partial charge in [0.15, 0.2) is 0 Å². The van der Waals surface area contributed by atoms with Crippen molar-refractivity contribution in [2.75, 3.05) is 18.0 Å². The Labute approximate surface area is 266 Å². The molecule has 0 aliphatic heterocycles. The molecule has 0 radical (unpaired) electrons. The van der Waals surface area contributed by atoms with Crippen molar-refractivity contribution < 1.29 is 22.7 Å². The van der Waals surface area contributed by atoms with Gasteiger partial charge in [0.25, 0.3) is 10.0 Å². The summed E-state index contributed by atoms with van der Waals surface area (Å²) < 4.78 is 34.7. The lowest BCUT2D eigenvalue weighted by Crippen LogP contribution is -2.54. The molecule has 2 amide bonds. The highest BCUT2D eigenvalue weighted by Crippen LogP contribution is 2.31. The molecule has 10 heteroatoms. The first-order chi connectivity index (χ1) is 21.0. The van der Waals surface area contributed by atoms with E-state index in [1.807, 2.05) is 26.0 Å². The second-order valence-corrected chi connectivity index (χ2v) is 13.6. The number of halogens is 1. The number of nitrogens with zero attached hydrogens (tertiary/aromatic N) is 2. The maximum absolute atomic E-state index is 14.4. The second-order valence-electron chi connectivity index (χ2n) is 11.3. The number of ether oxygens (including phenoxy) is 1. The Morgan fingerprint density at radius 3 is 2.25 bits per heavy atom. The van der Waals surface area contributed by atoms with Crippen molar-refractivity contribution in [3.8, 4) is 5.75 Å². The Morgan fingerprint density at radius 1 is 0.977 bits per heavy atom. The number of nitrogens with one attached hydrogen (secondary N) is 1. The van der Waals surface area contributed by atoms with Crippen LogP contribution in [0.3, 0.4) is 0 Å². The van der Waals surface area contributed by atoms with Crippen molar-refractivity contribution in [3.05, 3.63) is 88.4 Å². The van der Waals surface area contributed by atoms with Crippen molar-refractivity contribution in [3.63, 3.8) is 0 Å². The summed E-state index contributed by atoms with van der Waals surface area (Å²) in [6.45, 7) is 5.06. The lowest BCUT2D eigenvalue weighted by atomic mass is 9.95. The van der Waals surface area contributed by atoms with Crippen LogP contribution in [0.15, 0.2) is 71.6 Å². The molecule has 236 valence electrons. The van der Waals surface area contributed by atoms with Gasteiger partial charge in [-0.05, 0) is 80.6 Å². The maximum Gasteiger partial charge on any atom is 0.264 e. The molecule has 0 spiro atoms. The summed E-state index contributed by atoms with van der Waals surface area (Å²) in [6.07, 6.45) is 5.44. The van der Waals surface area contributed by atoms with E-state index in [4.69, 9.17) is 16.3 Å². The van der Waals surface area contributed by atoms with E-state index in [0.717, 1.165) is 47.5 Å². The number of hydrogen-bond donors (Lipinski definition) is 1. The average Bonchev–Trinajstić information content (AvgIpc) is 3.02. The summed E-state index contributed by atoms with van der Waals surface area (Å²) in [7, 11) is -2.61. The number of benzene rings is 3. The molecule has 0 heterocycles. The molecule has 1 aliphatic carbocycles. The van der Waals surface area contributed by atoms with Crippen LogP contribution in [0.5, 0.6) is 5.75 Å². The molecule has 8 nitrogen and oxygen atoms in total. The smallest absolute Gasteiger partial charge is 0.264 e. The van der Waals surface area contributed by atoms with E-state index >= 15 is 0 Å². The lowest BCUT2D eigenvalue weighted by molar-refractivity contribution is -0.140. The van der Waals surface area contributed by atoms with Crippen LogP contribution in [0, 0.1) is 13.8 Å². The van der Waals surface area contributed by atoms with Gasteiger partial charge in [-0.1, -0.05) is 73.7 Å². The fourth-order valence-electron chi connectivity index (χ4n) is 5.61. The first kappa shape index (κ1) is 33.3. The molecule has 1 atom stereocenters. The number of hydrogen-bond acceptors (Lipinski definition) is 5. The molecule has 1 fully saturated rings. The van der Waals surface area contributed by atoms with Crippen LogP contribution in [0.2, 0.25) is 5.02 Å². The van der Waals surface area contributed by atoms with Gasteiger partial charge in [-0.25, -0.2) is 8.42 Å². The third kappa shape index (κ3) is 7.93. The van der Waals surface area contributed by atoms with Gasteiger partial charge in [0, 0.05) is 17.6 Å². The van der Waals surface area contributed by atoms with Crippen molar-refractivity contribution in [2.24, 2.45) is 0 Å². The van der Waals surface area contributed by atoms with Gasteiger partial charge >= 0.3 is 0 Å². The number of carbonyl (C=O) groups is 2. The molecule has 0 unspecified atom stereocenters. The Bertz CT molecular complexity index is 1540. The second kappa shape index (κ2) is 14.9. The quantitative estimate of drug-likeness (QED) is 0.247. The molecule has 3 aromatic rings. The van der Waals surface area contributed by atoms with Crippen LogP contribution >= 0.6 is 11.6 Å². The minimum atomic E-state index is -4.19. The molecule has 0 saturated heterocycles. The number of methoxy groups -OCH3 is 1. The molecule has 1 saturated carbocycles. The summed E-state index contributed by atoms with van der Waals surface area (Å²) in [6, 6.07) is 18.0. The Balaban J connectivity index is 1.73. The molecule has 0 aromatic heterocycles. The molecule has 1 aliphatic rings. The van der Waals surface area contributed by atoms with Crippen LogP contribution in [-0.4, -0.2) is 50.9 Å². The minimum absolute atomic E-state index is 0.0547.